The molecule has 104 valence electrons. The van der Waals surface area contributed by atoms with Crippen molar-refractivity contribution in [2.24, 2.45) is 0 Å². The lowest BCUT2D eigenvalue weighted by Crippen LogP contribution is -2.12. The molecule has 0 spiro atoms. The summed E-state index contributed by atoms with van der Waals surface area (Å²) in [5.74, 6) is -0.193. The molecule has 3 rings (SSSR count). The Bertz CT molecular complexity index is 771. The number of nitrogens with zero attached hydrogens (tertiary/aromatic N) is 1. The van der Waals surface area contributed by atoms with Crippen LogP contribution in [-0.2, 0) is 0 Å². The minimum absolute atomic E-state index is 0.193. The number of hydrogen-bond donors (Lipinski definition) is 1. The van der Waals surface area contributed by atoms with Crippen LogP contribution >= 0.6 is 22.9 Å². The number of nitrogens with one attached hydrogen (secondary N) is 1. The Morgan fingerprint density at radius 3 is 2.76 bits per heavy atom. The monoisotopic (exact) mass is 314 g/mol. The summed E-state index contributed by atoms with van der Waals surface area (Å²) in [4.78, 5) is 16.6. The fraction of sp³-hybridized carbons (Fsp3) is 0. The van der Waals surface area contributed by atoms with Gasteiger partial charge in [0.1, 0.15) is 5.01 Å². The minimum Gasteiger partial charge on any atom is -0.321 e. The number of para-hydroxylation sites is 1. The molecule has 1 N–H and O–H groups in total. The Labute approximate surface area is 131 Å². The van der Waals surface area contributed by atoms with E-state index in [4.69, 9.17) is 11.6 Å². The molecule has 2 aromatic carbocycles. The molecule has 0 saturated heterocycles. The second-order valence-corrected chi connectivity index (χ2v) is 5.65. The van der Waals surface area contributed by atoms with Gasteiger partial charge in [0.2, 0.25) is 0 Å². The first kappa shape index (κ1) is 13.8. The molecule has 3 nitrogen and oxygen atoms in total. The van der Waals surface area contributed by atoms with Crippen LogP contribution in [0.3, 0.4) is 0 Å². The molecule has 0 radical (unpaired) electrons. The first-order valence-electron chi connectivity index (χ1n) is 6.30. The summed E-state index contributed by atoms with van der Waals surface area (Å²) in [6, 6.07) is 14.5. The van der Waals surface area contributed by atoms with E-state index in [1.165, 1.54) is 11.3 Å². The molecule has 0 fully saturated rings. The maximum atomic E-state index is 12.3. The molecular weight excluding hydrogens is 304 g/mol. The molecule has 1 amide bonds. The normalized spacial score (nSPS) is 10.3. The van der Waals surface area contributed by atoms with Gasteiger partial charge in [-0.15, -0.1) is 11.3 Å². The topological polar surface area (TPSA) is 42.0 Å². The number of aromatic nitrogens is 1. The summed E-state index contributed by atoms with van der Waals surface area (Å²) in [5.41, 5.74) is 2.10. The number of rotatable bonds is 3. The van der Waals surface area contributed by atoms with Gasteiger partial charge >= 0.3 is 0 Å². The fourth-order valence-corrected chi connectivity index (χ4v) is 2.73. The lowest BCUT2D eigenvalue weighted by atomic mass is 10.1. The summed E-state index contributed by atoms with van der Waals surface area (Å²) < 4.78 is 0. The van der Waals surface area contributed by atoms with Gasteiger partial charge in [-0.2, -0.15) is 0 Å². The van der Waals surface area contributed by atoms with E-state index in [1.54, 1.807) is 24.4 Å². The van der Waals surface area contributed by atoms with Gasteiger partial charge in [0, 0.05) is 22.7 Å². The van der Waals surface area contributed by atoms with Crippen LogP contribution < -0.4 is 5.32 Å². The van der Waals surface area contributed by atoms with Gasteiger partial charge in [0.15, 0.2) is 0 Å². The fourth-order valence-electron chi connectivity index (χ4n) is 1.92. The molecule has 0 unspecified atom stereocenters. The SMILES string of the molecule is O=C(Nc1ccccc1Cl)c1cccc(-c2nccs2)c1. The number of thiazole rings is 1. The molecule has 0 aliphatic heterocycles. The van der Waals surface area contributed by atoms with Crippen molar-refractivity contribution in [2.75, 3.05) is 5.32 Å². The molecule has 1 heterocycles. The number of carbonyl (C=O) groups excluding carboxylic acids is 1. The molecule has 0 aliphatic rings. The third-order valence-corrected chi connectivity index (χ3v) is 4.08. The lowest BCUT2D eigenvalue weighted by Gasteiger charge is -2.07. The molecule has 1 aromatic heterocycles. The molecule has 3 aromatic rings. The van der Waals surface area contributed by atoms with E-state index in [0.29, 0.717) is 16.3 Å². The van der Waals surface area contributed by atoms with Gasteiger partial charge in [-0.25, -0.2) is 4.98 Å². The zero-order chi connectivity index (χ0) is 14.7. The maximum Gasteiger partial charge on any atom is 0.255 e. The average Bonchev–Trinajstić information content (AvgIpc) is 3.04. The van der Waals surface area contributed by atoms with Crippen LogP contribution in [0.5, 0.6) is 0 Å². The first-order chi connectivity index (χ1) is 10.2. The molecular formula is C16H11ClN2OS. The zero-order valence-corrected chi connectivity index (χ0v) is 12.5. The van der Waals surface area contributed by atoms with E-state index in [1.807, 2.05) is 35.7 Å². The molecule has 21 heavy (non-hydrogen) atoms. The summed E-state index contributed by atoms with van der Waals surface area (Å²) >= 11 is 7.58. The van der Waals surface area contributed by atoms with E-state index >= 15 is 0 Å². The predicted octanol–water partition coefficient (Wildman–Crippen LogP) is 4.72. The largest absolute Gasteiger partial charge is 0.321 e. The van der Waals surface area contributed by atoms with E-state index in [2.05, 4.69) is 10.3 Å². The van der Waals surface area contributed by atoms with Gasteiger partial charge < -0.3 is 5.32 Å². The van der Waals surface area contributed by atoms with Crippen LogP contribution in [0.4, 0.5) is 5.69 Å². The second-order valence-electron chi connectivity index (χ2n) is 4.35. The standard InChI is InChI=1S/C16H11ClN2OS/c17-13-6-1-2-7-14(13)19-15(20)11-4-3-5-12(10-11)16-18-8-9-21-16/h1-10H,(H,19,20). The van der Waals surface area contributed by atoms with Gasteiger partial charge in [-0.1, -0.05) is 35.9 Å². The van der Waals surface area contributed by atoms with Crippen molar-refractivity contribution in [3.05, 3.63) is 70.7 Å². The maximum absolute atomic E-state index is 12.3. The van der Waals surface area contributed by atoms with Crippen molar-refractivity contribution in [3.63, 3.8) is 0 Å². The van der Waals surface area contributed by atoms with Crippen LogP contribution in [-0.4, -0.2) is 10.9 Å². The Morgan fingerprint density at radius 2 is 2.00 bits per heavy atom. The van der Waals surface area contributed by atoms with Crippen molar-refractivity contribution in [1.29, 1.82) is 0 Å². The van der Waals surface area contributed by atoms with Crippen LogP contribution in [0.2, 0.25) is 5.02 Å². The van der Waals surface area contributed by atoms with Crippen LogP contribution in [0.1, 0.15) is 10.4 Å². The molecule has 5 heteroatoms. The summed E-state index contributed by atoms with van der Waals surface area (Å²) in [7, 11) is 0. The number of amides is 1. The van der Waals surface area contributed by atoms with E-state index in [9.17, 15) is 4.79 Å². The van der Waals surface area contributed by atoms with Gasteiger partial charge in [0.25, 0.3) is 5.91 Å². The highest BCUT2D eigenvalue weighted by Crippen LogP contribution is 2.24. The predicted molar refractivity (Wildman–Crippen MR) is 87.0 cm³/mol. The smallest absolute Gasteiger partial charge is 0.255 e. The highest BCUT2D eigenvalue weighted by Gasteiger charge is 2.10. The van der Waals surface area contributed by atoms with E-state index in [0.717, 1.165) is 10.6 Å². The molecule has 0 saturated carbocycles. The van der Waals surface area contributed by atoms with E-state index in [-0.39, 0.29) is 5.91 Å². The van der Waals surface area contributed by atoms with Gasteiger partial charge in [-0.05, 0) is 24.3 Å². The number of benzene rings is 2. The van der Waals surface area contributed by atoms with Crippen molar-refractivity contribution in [2.45, 2.75) is 0 Å². The molecule has 0 aliphatic carbocycles. The molecule has 0 atom stereocenters. The number of hydrogen-bond acceptors (Lipinski definition) is 3. The highest BCUT2D eigenvalue weighted by molar-refractivity contribution is 7.13. The summed E-state index contributed by atoms with van der Waals surface area (Å²) in [5, 5.41) is 6.13. The number of halogens is 1. The van der Waals surface area contributed by atoms with Crippen molar-refractivity contribution < 1.29 is 4.79 Å². The number of anilines is 1. The average molecular weight is 315 g/mol. The summed E-state index contributed by atoms with van der Waals surface area (Å²) in [6.07, 6.45) is 1.75. The summed E-state index contributed by atoms with van der Waals surface area (Å²) in [6.45, 7) is 0. The first-order valence-corrected chi connectivity index (χ1v) is 7.55. The van der Waals surface area contributed by atoms with Gasteiger partial charge in [-0.3, -0.25) is 4.79 Å². The zero-order valence-electron chi connectivity index (χ0n) is 10.9. The Balaban J connectivity index is 1.85. The Hall–Kier alpha value is -2.17. The van der Waals surface area contributed by atoms with Crippen molar-refractivity contribution in [3.8, 4) is 10.6 Å². The van der Waals surface area contributed by atoms with Crippen molar-refractivity contribution >= 4 is 34.5 Å². The minimum atomic E-state index is -0.193. The third-order valence-electron chi connectivity index (χ3n) is 2.93. The Kier molecular flexibility index (Phi) is 3.99. The highest BCUT2D eigenvalue weighted by atomic mass is 35.5. The van der Waals surface area contributed by atoms with E-state index < -0.39 is 0 Å². The van der Waals surface area contributed by atoms with Crippen LogP contribution in [0.25, 0.3) is 10.6 Å². The third kappa shape index (κ3) is 3.12. The Morgan fingerprint density at radius 1 is 1.14 bits per heavy atom. The van der Waals surface area contributed by atoms with Crippen molar-refractivity contribution in [1.82, 2.24) is 4.98 Å². The number of carbonyl (C=O) groups is 1. The lowest BCUT2D eigenvalue weighted by molar-refractivity contribution is 0.102. The van der Waals surface area contributed by atoms with Gasteiger partial charge in [0.05, 0.1) is 10.7 Å². The molecule has 0 bridgehead atoms. The quantitative estimate of drug-likeness (QED) is 0.760. The van der Waals surface area contributed by atoms with Crippen LogP contribution in [0.15, 0.2) is 60.1 Å². The second kappa shape index (κ2) is 6.08. The van der Waals surface area contributed by atoms with Crippen LogP contribution in [0, 0.1) is 0 Å².